The molecule has 0 aromatic heterocycles. The number of carbonyl (C=O) groups is 4. The summed E-state index contributed by atoms with van der Waals surface area (Å²) in [5, 5.41) is 2.50. The van der Waals surface area contributed by atoms with Crippen molar-refractivity contribution < 1.29 is 32.3 Å². The average molecular weight is 386 g/mol. The van der Waals surface area contributed by atoms with Crippen LogP contribution in [0.3, 0.4) is 0 Å². The number of esters is 1. The van der Waals surface area contributed by atoms with Gasteiger partial charge in [0.25, 0.3) is 5.91 Å². The van der Waals surface area contributed by atoms with Crippen molar-refractivity contribution in [1.29, 1.82) is 0 Å². The second-order valence-corrected chi connectivity index (χ2v) is 9.32. The molecule has 3 aliphatic rings. The van der Waals surface area contributed by atoms with Gasteiger partial charge in [-0.1, -0.05) is 12.8 Å². The van der Waals surface area contributed by atoms with Crippen LogP contribution in [0.15, 0.2) is 0 Å². The van der Waals surface area contributed by atoms with Gasteiger partial charge in [-0.25, -0.2) is 8.42 Å². The van der Waals surface area contributed by atoms with Gasteiger partial charge in [-0.3, -0.25) is 24.1 Å². The molecule has 0 radical (unpaired) electrons. The number of rotatable bonds is 5. The molecule has 2 saturated heterocycles. The van der Waals surface area contributed by atoms with Crippen LogP contribution in [0.4, 0.5) is 0 Å². The second kappa shape index (κ2) is 7.34. The van der Waals surface area contributed by atoms with Crippen molar-refractivity contribution in [3.8, 4) is 0 Å². The minimum absolute atomic E-state index is 0.0270. The standard InChI is InChI=1S/C16H22N2O7S/c19-13(17-10-5-6-26(23,24)9-10)8-25-14(20)7-18-15(21)11-3-1-2-4-12(11)16(18)22/h10-12H,1-9H2,(H,17,19)/t10-,11-,12+/m1/s1. The Morgan fingerprint density at radius 2 is 1.69 bits per heavy atom. The van der Waals surface area contributed by atoms with E-state index in [9.17, 15) is 27.6 Å². The number of fused-ring (bicyclic) bond motifs is 1. The molecule has 0 aromatic rings. The topological polar surface area (TPSA) is 127 Å². The second-order valence-electron chi connectivity index (χ2n) is 7.09. The molecule has 3 fully saturated rings. The third-order valence-electron chi connectivity index (χ3n) is 5.18. The first-order valence-electron chi connectivity index (χ1n) is 8.77. The van der Waals surface area contributed by atoms with E-state index < -0.39 is 40.9 Å². The molecular formula is C16H22N2O7S. The summed E-state index contributed by atoms with van der Waals surface area (Å²) in [7, 11) is -3.12. The Morgan fingerprint density at radius 3 is 2.23 bits per heavy atom. The fourth-order valence-corrected chi connectivity index (χ4v) is 5.56. The van der Waals surface area contributed by atoms with E-state index in [-0.39, 0.29) is 35.2 Å². The van der Waals surface area contributed by atoms with Crippen LogP contribution >= 0.6 is 0 Å². The molecule has 3 atom stereocenters. The predicted octanol–water partition coefficient (Wildman–Crippen LogP) is -0.992. The van der Waals surface area contributed by atoms with Crippen LogP contribution in [0.5, 0.6) is 0 Å². The number of ether oxygens (including phenoxy) is 1. The SMILES string of the molecule is O=C(COC(=O)CN1C(=O)[C@H]2CCCC[C@H]2C1=O)N[C@@H]1CCS(=O)(=O)C1. The lowest BCUT2D eigenvalue weighted by Gasteiger charge is -2.19. The lowest BCUT2D eigenvalue weighted by molar-refractivity contribution is -0.155. The van der Waals surface area contributed by atoms with Crippen molar-refractivity contribution in [3.63, 3.8) is 0 Å². The van der Waals surface area contributed by atoms with Crippen LogP contribution in [0.1, 0.15) is 32.1 Å². The van der Waals surface area contributed by atoms with E-state index in [0.29, 0.717) is 19.3 Å². The van der Waals surface area contributed by atoms with E-state index in [1.54, 1.807) is 0 Å². The normalized spacial score (nSPS) is 30.2. The Balaban J connectivity index is 1.45. The average Bonchev–Trinajstić information content (AvgIpc) is 3.05. The highest BCUT2D eigenvalue weighted by molar-refractivity contribution is 7.91. The third kappa shape index (κ3) is 4.05. The van der Waals surface area contributed by atoms with Crippen LogP contribution in [-0.4, -0.2) is 67.7 Å². The first-order chi connectivity index (χ1) is 12.3. The van der Waals surface area contributed by atoms with Gasteiger partial charge in [0.1, 0.15) is 6.54 Å². The van der Waals surface area contributed by atoms with Gasteiger partial charge in [-0.15, -0.1) is 0 Å². The molecular weight excluding hydrogens is 364 g/mol. The number of carbonyl (C=O) groups excluding carboxylic acids is 4. The molecule has 0 bridgehead atoms. The number of likely N-dealkylation sites (tertiary alicyclic amines) is 1. The van der Waals surface area contributed by atoms with E-state index in [1.807, 2.05) is 0 Å². The number of sulfone groups is 1. The van der Waals surface area contributed by atoms with Gasteiger partial charge in [-0.2, -0.15) is 0 Å². The summed E-state index contributed by atoms with van der Waals surface area (Å²) >= 11 is 0. The van der Waals surface area contributed by atoms with Gasteiger partial charge in [0.15, 0.2) is 16.4 Å². The first kappa shape index (κ1) is 18.8. The maximum absolute atomic E-state index is 12.3. The summed E-state index contributed by atoms with van der Waals surface area (Å²) in [6.45, 7) is -1.06. The molecule has 0 aromatic carbocycles. The lowest BCUT2D eigenvalue weighted by atomic mass is 9.81. The zero-order chi connectivity index (χ0) is 18.9. The largest absolute Gasteiger partial charge is 0.454 e. The van der Waals surface area contributed by atoms with Gasteiger partial charge in [0.05, 0.1) is 23.3 Å². The molecule has 10 heteroatoms. The number of imide groups is 1. The smallest absolute Gasteiger partial charge is 0.326 e. The van der Waals surface area contributed by atoms with E-state index in [1.165, 1.54) is 0 Å². The highest BCUT2D eigenvalue weighted by atomic mass is 32.2. The highest BCUT2D eigenvalue weighted by Crippen LogP contribution is 2.37. The van der Waals surface area contributed by atoms with Gasteiger partial charge in [0, 0.05) is 6.04 Å². The molecule has 3 amide bonds. The molecule has 26 heavy (non-hydrogen) atoms. The molecule has 2 aliphatic heterocycles. The maximum atomic E-state index is 12.3. The number of hydrogen-bond acceptors (Lipinski definition) is 7. The number of amides is 3. The molecule has 144 valence electrons. The Morgan fingerprint density at radius 1 is 1.08 bits per heavy atom. The van der Waals surface area contributed by atoms with Crippen molar-refractivity contribution in [1.82, 2.24) is 10.2 Å². The monoisotopic (exact) mass is 386 g/mol. The van der Waals surface area contributed by atoms with E-state index in [2.05, 4.69) is 5.32 Å². The Bertz CT molecular complexity index is 709. The number of hydrogen-bond donors (Lipinski definition) is 1. The molecule has 1 saturated carbocycles. The fraction of sp³-hybridized carbons (Fsp3) is 0.750. The molecule has 1 aliphatic carbocycles. The van der Waals surface area contributed by atoms with Crippen molar-refractivity contribution >= 4 is 33.5 Å². The number of nitrogens with one attached hydrogen (secondary N) is 1. The van der Waals surface area contributed by atoms with Crippen LogP contribution in [0, 0.1) is 11.8 Å². The zero-order valence-electron chi connectivity index (χ0n) is 14.3. The molecule has 1 N–H and O–H groups in total. The van der Waals surface area contributed by atoms with E-state index in [4.69, 9.17) is 4.74 Å². The van der Waals surface area contributed by atoms with Crippen LogP contribution in [0.2, 0.25) is 0 Å². The van der Waals surface area contributed by atoms with Crippen LogP contribution in [-0.2, 0) is 33.8 Å². The molecule has 3 rings (SSSR count). The highest BCUT2D eigenvalue weighted by Gasteiger charge is 2.48. The van der Waals surface area contributed by atoms with E-state index >= 15 is 0 Å². The van der Waals surface area contributed by atoms with Crippen molar-refractivity contribution in [3.05, 3.63) is 0 Å². The summed E-state index contributed by atoms with van der Waals surface area (Å²) in [5.41, 5.74) is 0. The van der Waals surface area contributed by atoms with Gasteiger partial charge in [-0.05, 0) is 19.3 Å². The first-order valence-corrected chi connectivity index (χ1v) is 10.6. The van der Waals surface area contributed by atoms with Gasteiger partial charge < -0.3 is 10.1 Å². The quantitative estimate of drug-likeness (QED) is 0.475. The minimum atomic E-state index is -3.12. The molecule has 9 nitrogen and oxygen atoms in total. The van der Waals surface area contributed by atoms with E-state index in [0.717, 1.165) is 17.7 Å². The molecule has 0 unspecified atom stereocenters. The summed E-state index contributed by atoms with van der Waals surface area (Å²) < 4.78 is 27.5. The van der Waals surface area contributed by atoms with Crippen LogP contribution in [0.25, 0.3) is 0 Å². The molecule has 0 spiro atoms. The van der Waals surface area contributed by atoms with Crippen LogP contribution < -0.4 is 5.32 Å². The summed E-state index contributed by atoms with van der Waals surface area (Å²) in [6.07, 6.45) is 3.45. The van der Waals surface area contributed by atoms with Crippen molar-refractivity contribution in [2.24, 2.45) is 11.8 Å². The zero-order valence-corrected chi connectivity index (χ0v) is 15.1. The van der Waals surface area contributed by atoms with Gasteiger partial charge in [0.2, 0.25) is 11.8 Å². The number of nitrogens with zero attached hydrogens (tertiary/aromatic N) is 1. The summed E-state index contributed by atoms with van der Waals surface area (Å²) in [4.78, 5) is 49.1. The van der Waals surface area contributed by atoms with Gasteiger partial charge >= 0.3 is 5.97 Å². The Kier molecular flexibility index (Phi) is 5.31. The fourth-order valence-electron chi connectivity index (χ4n) is 3.89. The summed E-state index contributed by atoms with van der Waals surface area (Å²) in [6, 6.07) is -0.476. The predicted molar refractivity (Wildman–Crippen MR) is 88.3 cm³/mol. The van der Waals surface area contributed by atoms with Crippen molar-refractivity contribution in [2.75, 3.05) is 24.7 Å². The maximum Gasteiger partial charge on any atom is 0.326 e. The minimum Gasteiger partial charge on any atom is -0.454 e. The Labute approximate surface area is 151 Å². The summed E-state index contributed by atoms with van der Waals surface area (Å²) in [5.74, 6) is -2.87. The lowest BCUT2D eigenvalue weighted by Crippen LogP contribution is -2.40. The van der Waals surface area contributed by atoms with Crippen molar-refractivity contribution in [2.45, 2.75) is 38.1 Å². The Hall–Kier alpha value is -1.97. The third-order valence-corrected chi connectivity index (χ3v) is 6.95. The molecule has 2 heterocycles.